The largest absolute Gasteiger partial charge is 0.468 e. The molecule has 1 aromatic rings. The van der Waals surface area contributed by atoms with Crippen molar-refractivity contribution in [1.82, 2.24) is 0 Å². The number of methoxy groups -OCH3 is 1. The molecule has 0 aliphatic rings. The van der Waals surface area contributed by atoms with Gasteiger partial charge in [-0.15, -0.1) is 0 Å². The summed E-state index contributed by atoms with van der Waals surface area (Å²) in [4.78, 5) is 11.1. The predicted molar refractivity (Wildman–Crippen MR) is 46.8 cm³/mol. The Bertz CT molecular complexity index is 327. The van der Waals surface area contributed by atoms with Crippen LogP contribution >= 0.6 is 0 Å². The van der Waals surface area contributed by atoms with Crippen molar-refractivity contribution in [2.24, 2.45) is 0 Å². The third-order valence-corrected chi connectivity index (χ3v) is 1.70. The van der Waals surface area contributed by atoms with Crippen molar-refractivity contribution < 1.29 is 9.53 Å². The number of nitrogens with zero attached hydrogens (tertiary/aromatic N) is 1. The molecule has 0 N–H and O–H groups in total. The van der Waals surface area contributed by atoms with Crippen molar-refractivity contribution in [2.45, 2.75) is 5.92 Å². The molecule has 1 aromatic carbocycles. The minimum absolute atomic E-state index is 0.520. The van der Waals surface area contributed by atoms with Gasteiger partial charge in [0, 0.05) is 0 Å². The molecular formula is C10H9NO2. The predicted octanol–water partition coefficient (Wildman–Crippen LogP) is 1.47. The van der Waals surface area contributed by atoms with E-state index in [0.29, 0.717) is 5.56 Å². The van der Waals surface area contributed by atoms with Crippen LogP contribution in [-0.4, -0.2) is 13.1 Å². The first-order valence-corrected chi connectivity index (χ1v) is 3.82. The van der Waals surface area contributed by atoms with E-state index in [1.54, 1.807) is 24.3 Å². The third kappa shape index (κ3) is 2.06. The zero-order valence-electron chi connectivity index (χ0n) is 7.23. The molecule has 0 aliphatic heterocycles. The molecule has 3 nitrogen and oxygen atoms in total. The van der Waals surface area contributed by atoms with Gasteiger partial charge in [0.2, 0.25) is 0 Å². The molecule has 0 spiro atoms. The second-order valence-electron chi connectivity index (χ2n) is 2.50. The van der Waals surface area contributed by atoms with Gasteiger partial charge in [-0.3, -0.25) is 4.79 Å². The summed E-state index contributed by atoms with van der Waals surface area (Å²) in [5.74, 6) is -1.33. The van der Waals surface area contributed by atoms with Crippen LogP contribution in [0.3, 0.4) is 0 Å². The van der Waals surface area contributed by atoms with Gasteiger partial charge >= 0.3 is 5.97 Å². The van der Waals surface area contributed by atoms with E-state index in [1.807, 2.05) is 12.1 Å². The van der Waals surface area contributed by atoms with Crippen LogP contribution < -0.4 is 0 Å². The summed E-state index contributed by atoms with van der Waals surface area (Å²) in [6.07, 6.45) is 0. The number of benzene rings is 1. The van der Waals surface area contributed by atoms with E-state index in [4.69, 9.17) is 5.26 Å². The Morgan fingerprint density at radius 1 is 1.46 bits per heavy atom. The maximum atomic E-state index is 11.1. The molecule has 1 atom stereocenters. The lowest BCUT2D eigenvalue weighted by atomic mass is 10.0. The minimum atomic E-state index is -0.814. The Morgan fingerprint density at radius 2 is 2.08 bits per heavy atom. The molecule has 0 saturated carbocycles. The molecule has 0 fully saturated rings. The van der Waals surface area contributed by atoms with E-state index in [-0.39, 0.29) is 0 Å². The van der Waals surface area contributed by atoms with E-state index < -0.39 is 11.9 Å². The van der Waals surface area contributed by atoms with E-state index in [1.165, 1.54) is 7.11 Å². The van der Waals surface area contributed by atoms with E-state index in [9.17, 15) is 4.79 Å². The molecule has 0 aliphatic carbocycles. The Balaban J connectivity index is 2.93. The van der Waals surface area contributed by atoms with Gasteiger partial charge in [0.15, 0.2) is 5.92 Å². The number of nitriles is 1. The summed E-state index contributed by atoms with van der Waals surface area (Å²) in [6, 6.07) is 10.7. The summed E-state index contributed by atoms with van der Waals surface area (Å²) in [7, 11) is 1.27. The fraction of sp³-hybridized carbons (Fsp3) is 0.200. The van der Waals surface area contributed by atoms with Crippen LogP contribution in [0.1, 0.15) is 11.5 Å². The Morgan fingerprint density at radius 3 is 2.54 bits per heavy atom. The van der Waals surface area contributed by atoms with Gasteiger partial charge in [-0.1, -0.05) is 30.3 Å². The van der Waals surface area contributed by atoms with Crippen molar-refractivity contribution in [3.63, 3.8) is 0 Å². The van der Waals surface area contributed by atoms with Crippen LogP contribution in [-0.2, 0) is 9.53 Å². The van der Waals surface area contributed by atoms with Gasteiger partial charge in [0.05, 0.1) is 13.2 Å². The van der Waals surface area contributed by atoms with Crippen molar-refractivity contribution in [2.75, 3.05) is 7.11 Å². The molecule has 13 heavy (non-hydrogen) atoms. The smallest absolute Gasteiger partial charge is 0.327 e. The normalized spacial score (nSPS) is 11.4. The first kappa shape index (κ1) is 9.27. The number of hydrogen-bond donors (Lipinski definition) is 0. The van der Waals surface area contributed by atoms with Crippen LogP contribution in [0, 0.1) is 11.3 Å². The van der Waals surface area contributed by atoms with Crippen LogP contribution in [0.4, 0.5) is 0 Å². The summed E-state index contributed by atoms with van der Waals surface area (Å²) in [6.45, 7) is 0. The average molecular weight is 175 g/mol. The van der Waals surface area contributed by atoms with Crippen molar-refractivity contribution in [3.05, 3.63) is 35.9 Å². The summed E-state index contributed by atoms with van der Waals surface area (Å²) in [5.41, 5.74) is 0.664. The van der Waals surface area contributed by atoms with Gasteiger partial charge < -0.3 is 4.74 Å². The van der Waals surface area contributed by atoms with Crippen molar-refractivity contribution in [1.29, 1.82) is 5.26 Å². The number of rotatable bonds is 2. The highest BCUT2D eigenvalue weighted by molar-refractivity contribution is 5.81. The van der Waals surface area contributed by atoms with Gasteiger partial charge in [-0.05, 0) is 5.56 Å². The maximum absolute atomic E-state index is 11.1. The molecule has 0 heterocycles. The number of ether oxygens (including phenoxy) is 1. The molecule has 0 unspecified atom stereocenters. The lowest BCUT2D eigenvalue weighted by molar-refractivity contribution is -0.140. The Labute approximate surface area is 76.6 Å². The second kappa shape index (κ2) is 4.27. The fourth-order valence-corrected chi connectivity index (χ4v) is 1.03. The lowest BCUT2D eigenvalue weighted by Crippen LogP contribution is -2.12. The lowest BCUT2D eigenvalue weighted by Gasteiger charge is -2.05. The second-order valence-corrected chi connectivity index (χ2v) is 2.50. The fourth-order valence-electron chi connectivity index (χ4n) is 1.03. The standard InChI is InChI=1S/C10H9NO2/c1-13-10(12)9(7-11)8-5-3-2-4-6-8/h2-6,9H,1H3/t9-/m1/s1. The van der Waals surface area contributed by atoms with Crippen LogP contribution in [0.2, 0.25) is 0 Å². The maximum Gasteiger partial charge on any atom is 0.327 e. The number of esters is 1. The molecule has 1 rings (SSSR count). The van der Waals surface area contributed by atoms with E-state index in [2.05, 4.69) is 4.74 Å². The molecule has 0 amide bonds. The SMILES string of the molecule is COC(=O)[C@H](C#N)c1ccccc1. The summed E-state index contributed by atoms with van der Waals surface area (Å²) >= 11 is 0. The van der Waals surface area contributed by atoms with Crippen molar-refractivity contribution >= 4 is 5.97 Å². The molecule has 0 bridgehead atoms. The average Bonchev–Trinajstić information content (AvgIpc) is 2.20. The first-order valence-electron chi connectivity index (χ1n) is 3.82. The summed E-state index contributed by atoms with van der Waals surface area (Å²) < 4.78 is 4.50. The topological polar surface area (TPSA) is 50.1 Å². The molecule has 66 valence electrons. The van der Waals surface area contributed by atoms with Crippen LogP contribution in [0.15, 0.2) is 30.3 Å². The van der Waals surface area contributed by atoms with Gasteiger partial charge in [-0.2, -0.15) is 5.26 Å². The molecule has 0 radical (unpaired) electrons. The zero-order chi connectivity index (χ0) is 9.68. The van der Waals surface area contributed by atoms with Gasteiger partial charge in [0.1, 0.15) is 0 Å². The molecular weight excluding hydrogens is 166 g/mol. The van der Waals surface area contributed by atoms with E-state index >= 15 is 0 Å². The third-order valence-electron chi connectivity index (χ3n) is 1.70. The summed E-state index contributed by atoms with van der Waals surface area (Å²) in [5, 5.41) is 8.73. The number of carbonyl (C=O) groups excluding carboxylic acids is 1. The van der Waals surface area contributed by atoms with Gasteiger partial charge in [0.25, 0.3) is 0 Å². The monoisotopic (exact) mass is 175 g/mol. The number of carbonyl (C=O) groups is 1. The Kier molecular flexibility index (Phi) is 3.04. The molecule has 0 aromatic heterocycles. The first-order chi connectivity index (χ1) is 6.29. The van der Waals surface area contributed by atoms with Gasteiger partial charge in [-0.25, -0.2) is 0 Å². The van der Waals surface area contributed by atoms with Crippen molar-refractivity contribution in [3.8, 4) is 6.07 Å². The highest BCUT2D eigenvalue weighted by atomic mass is 16.5. The Hall–Kier alpha value is -1.82. The van der Waals surface area contributed by atoms with Crippen LogP contribution in [0.5, 0.6) is 0 Å². The highest BCUT2D eigenvalue weighted by Crippen LogP contribution is 2.15. The zero-order valence-corrected chi connectivity index (χ0v) is 7.23. The molecule has 0 saturated heterocycles. The number of hydrogen-bond acceptors (Lipinski definition) is 3. The quantitative estimate of drug-likeness (QED) is 0.639. The van der Waals surface area contributed by atoms with Crippen LogP contribution in [0.25, 0.3) is 0 Å². The van der Waals surface area contributed by atoms with E-state index in [0.717, 1.165) is 0 Å². The minimum Gasteiger partial charge on any atom is -0.468 e. The highest BCUT2D eigenvalue weighted by Gasteiger charge is 2.19. The molecule has 3 heteroatoms.